The predicted molar refractivity (Wildman–Crippen MR) is 121 cm³/mol. The van der Waals surface area contributed by atoms with Gasteiger partial charge < -0.3 is 10.6 Å². The molecule has 0 aliphatic heterocycles. The molecule has 154 valence electrons. The minimum absolute atomic E-state index is 0.247. The summed E-state index contributed by atoms with van der Waals surface area (Å²) in [5.74, 6) is 0.670. The van der Waals surface area contributed by atoms with E-state index in [4.69, 9.17) is 0 Å². The van der Waals surface area contributed by atoms with Gasteiger partial charge in [0.1, 0.15) is 5.82 Å². The number of hydrazone groups is 1. The Bertz CT molecular complexity index is 1150. The van der Waals surface area contributed by atoms with Crippen molar-refractivity contribution in [2.75, 3.05) is 16.1 Å². The van der Waals surface area contributed by atoms with Gasteiger partial charge in [0.25, 0.3) is 0 Å². The first-order valence-electron chi connectivity index (χ1n) is 9.65. The Kier molecular flexibility index (Phi) is 6.39. The third-order valence-corrected chi connectivity index (χ3v) is 4.19. The highest BCUT2D eigenvalue weighted by molar-refractivity contribution is 5.79. The first kappa shape index (κ1) is 20.0. The van der Waals surface area contributed by atoms with Gasteiger partial charge in [-0.1, -0.05) is 60.7 Å². The number of aromatic nitrogens is 3. The summed E-state index contributed by atoms with van der Waals surface area (Å²) in [5, 5.41) is 10.5. The summed E-state index contributed by atoms with van der Waals surface area (Å²) >= 11 is 0. The Balaban J connectivity index is 1.52. The summed E-state index contributed by atoms with van der Waals surface area (Å²) in [5.41, 5.74) is 5.34. The van der Waals surface area contributed by atoms with E-state index in [2.05, 4.69) is 36.1 Å². The smallest absolute Gasteiger partial charge is 0.250 e. The number of hydrogen-bond donors (Lipinski definition) is 3. The molecule has 0 atom stereocenters. The average molecular weight is 413 g/mol. The molecule has 0 amide bonds. The molecule has 7 nitrogen and oxygen atoms in total. The summed E-state index contributed by atoms with van der Waals surface area (Å²) in [6.07, 6.45) is 1.49. The number of hydrogen-bond acceptors (Lipinski definition) is 7. The number of anilines is 4. The van der Waals surface area contributed by atoms with Crippen molar-refractivity contribution in [2.45, 2.75) is 6.54 Å². The van der Waals surface area contributed by atoms with Crippen molar-refractivity contribution in [1.82, 2.24) is 15.0 Å². The highest BCUT2D eigenvalue weighted by atomic mass is 19.1. The van der Waals surface area contributed by atoms with E-state index in [9.17, 15) is 4.39 Å². The first-order valence-corrected chi connectivity index (χ1v) is 9.65. The lowest BCUT2D eigenvalue weighted by atomic mass is 10.2. The maximum absolute atomic E-state index is 13.3. The molecule has 0 spiro atoms. The third kappa shape index (κ3) is 6.07. The Hall–Kier alpha value is -4.33. The number of nitrogens with one attached hydrogen (secondary N) is 3. The second kappa shape index (κ2) is 9.93. The van der Waals surface area contributed by atoms with E-state index in [1.807, 2.05) is 60.7 Å². The van der Waals surface area contributed by atoms with Crippen molar-refractivity contribution in [3.8, 4) is 0 Å². The Morgan fingerprint density at radius 1 is 0.774 bits per heavy atom. The van der Waals surface area contributed by atoms with Gasteiger partial charge in [0, 0.05) is 12.2 Å². The summed E-state index contributed by atoms with van der Waals surface area (Å²) in [4.78, 5) is 13.2. The van der Waals surface area contributed by atoms with E-state index in [-0.39, 0.29) is 11.8 Å². The average Bonchev–Trinajstić information content (AvgIpc) is 2.79. The normalized spacial score (nSPS) is 10.7. The van der Waals surface area contributed by atoms with Gasteiger partial charge in [0.2, 0.25) is 17.8 Å². The van der Waals surface area contributed by atoms with Crippen molar-refractivity contribution in [2.24, 2.45) is 5.10 Å². The van der Waals surface area contributed by atoms with E-state index >= 15 is 0 Å². The first-order chi connectivity index (χ1) is 15.2. The predicted octanol–water partition coefficient (Wildman–Crippen LogP) is 4.81. The van der Waals surface area contributed by atoms with Crippen molar-refractivity contribution in [3.63, 3.8) is 0 Å². The molecule has 8 heteroatoms. The molecule has 1 heterocycles. The minimum atomic E-state index is -0.328. The molecule has 0 unspecified atom stereocenters. The number of rotatable bonds is 8. The summed E-state index contributed by atoms with van der Waals surface area (Å²) in [6, 6.07) is 25.7. The number of halogens is 1. The highest BCUT2D eigenvalue weighted by Gasteiger charge is 2.07. The molecule has 31 heavy (non-hydrogen) atoms. The number of nitrogens with zero attached hydrogens (tertiary/aromatic N) is 4. The van der Waals surface area contributed by atoms with Gasteiger partial charge in [-0.3, -0.25) is 0 Å². The van der Waals surface area contributed by atoms with Crippen LogP contribution in [0.5, 0.6) is 0 Å². The van der Waals surface area contributed by atoms with E-state index in [1.54, 1.807) is 12.1 Å². The number of benzene rings is 3. The monoisotopic (exact) mass is 413 g/mol. The standard InChI is InChI=1S/C23H20FN7/c24-19-11-7-10-18(14-19)16-26-31-23-29-21(25-15-17-8-3-1-4-9-17)28-22(30-23)27-20-12-5-2-6-13-20/h1-14,16H,15H2,(H3,25,27,28,29,30,31)/b26-16+. The van der Waals surface area contributed by atoms with Crippen LogP contribution in [0.2, 0.25) is 0 Å². The lowest BCUT2D eigenvalue weighted by Crippen LogP contribution is -2.09. The summed E-state index contributed by atoms with van der Waals surface area (Å²) in [7, 11) is 0. The molecular weight excluding hydrogens is 393 g/mol. The quantitative estimate of drug-likeness (QED) is 0.284. The second-order valence-electron chi connectivity index (χ2n) is 6.56. The van der Waals surface area contributed by atoms with Crippen LogP contribution in [0.4, 0.5) is 27.9 Å². The molecule has 0 radical (unpaired) electrons. The maximum Gasteiger partial charge on any atom is 0.250 e. The zero-order valence-corrected chi connectivity index (χ0v) is 16.5. The van der Waals surface area contributed by atoms with E-state index < -0.39 is 0 Å². The van der Waals surface area contributed by atoms with E-state index in [0.717, 1.165) is 11.3 Å². The van der Waals surface area contributed by atoms with Gasteiger partial charge in [0.05, 0.1) is 6.21 Å². The fourth-order valence-electron chi connectivity index (χ4n) is 2.74. The Labute approximate surface area is 179 Å². The van der Waals surface area contributed by atoms with Crippen LogP contribution in [0.15, 0.2) is 90.0 Å². The summed E-state index contributed by atoms with van der Waals surface area (Å²) < 4.78 is 13.3. The maximum atomic E-state index is 13.3. The van der Waals surface area contributed by atoms with Gasteiger partial charge >= 0.3 is 0 Å². The van der Waals surface area contributed by atoms with Crippen molar-refractivity contribution in [3.05, 3.63) is 102 Å². The topological polar surface area (TPSA) is 87.1 Å². The molecule has 3 N–H and O–H groups in total. The highest BCUT2D eigenvalue weighted by Crippen LogP contribution is 2.16. The third-order valence-electron chi connectivity index (χ3n) is 4.19. The van der Waals surface area contributed by atoms with Crippen LogP contribution >= 0.6 is 0 Å². The van der Waals surface area contributed by atoms with Crippen LogP contribution in [0.3, 0.4) is 0 Å². The molecule has 0 saturated heterocycles. The van der Waals surface area contributed by atoms with Crippen LogP contribution in [-0.2, 0) is 6.54 Å². The second-order valence-corrected chi connectivity index (χ2v) is 6.56. The molecule has 0 aliphatic carbocycles. The van der Waals surface area contributed by atoms with Gasteiger partial charge in [-0.25, -0.2) is 9.82 Å². The largest absolute Gasteiger partial charge is 0.350 e. The van der Waals surface area contributed by atoms with Crippen LogP contribution < -0.4 is 16.1 Å². The van der Waals surface area contributed by atoms with Gasteiger partial charge in [-0.2, -0.15) is 20.1 Å². The molecule has 4 aromatic rings. The van der Waals surface area contributed by atoms with Crippen molar-refractivity contribution < 1.29 is 4.39 Å². The molecule has 3 aromatic carbocycles. The summed E-state index contributed by atoms with van der Waals surface area (Å²) in [6.45, 7) is 0.557. The van der Waals surface area contributed by atoms with E-state index in [1.165, 1.54) is 18.3 Å². The van der Waals surface area contributed by atoms with Crippen molar-refractivity contribution in [1.29, 1.82) is 0 Å². The lowest BCUT2D eigenvalue weighted by molar-refractivity contribution is 0.627. The lowest BCUT2D eigenvalue weighted by Gasteiger charge is -2.10. The Morgan fingerprint density at radius 3 is 2.26 bits per heavy atom. The fraction of sp³-hybridized carbons (Fsp3) is 0.0435. The molecular formula is C23H20FN7. The Morgan fingerprint density at radius 2 is 1.48 bits per heavy atom. The van der Waals surface area contributed by atoms with Gasteiger partial charge in [0.15, 0.2) is 0 Å². The molecule has 0 aliphatic rings. The minimum Gasteiger partial charge on any atom is -0.350 e. The fourth-order valence-corrected chi connectivity index (χ4v) is 2.74. The van der Waals surface area contributed by atoms with Crippen LogP contribution in [0, 0.1) is 5.82 Å². The molecule has 0 saturated carbocycles. The molecule has 4 rings (SSSR count). The van der Waals surface area contributed by atoms with Crippen molar-refractivity contribution >= 4 is 29.7 Å². The number of para-hydroxylation sites is 1. The zero-order valence-electron chi connectivity index (χ0n) is 16.5. The van der Waals surface area contributed by atoms with Gasteiger partial charge in [-0.15, -0.1) is 0 Å². The zero-order chi connectivity index (χ0) is 21.3. The van der Waals surface area contributed by atoms with Gasteiger partial charge in [-0.05, 0) is 35.4 Å². The van der Waals surface area contributed by atoms with Crippen LogP contribution in [0.25, 0.3) is 0 Å². The van der Waals surface area contributed by atoms with Crippen LogP contribution in [0.1, 0.15) is 11.1 Å². The molecule has 0 bridgehead atoms. The van der Waals surface area contributed by atoms with E-state index in [0.29, 0.717) is 24.0 Å². The SMILES string of the molecule is Fc1cccc(/C=N/Nc2nc(NCc3ccccc3)nc(Nc3ccccc3)n2)c1. The van der Waals surface area contributed by atoms with Crippen LogP contribution in [-0.4, -0.2) is 21.2 Å². The molecule has 1 aromatic heterocycles. The molecule has 0 fully saturated rings.